The molecule has 0 fully saturated rings. The van der Waals surface area contributed by atoms with Crippen LogP contribution in [-0.2, 0) is 53.9 Å². The number of phosphoric ester groups is 1. The van der Waals surface area contributed by atoms with Crippen LogP contribution >= 0.6 is 7.82 Å². The van der Waals surface area contributed by atoms with Crippen molar-refractivity contribution < 1.29 is 67.4 Å². The number of carboxylic acid groups (broad SMARTS) is 2. The minimum atomic E-state index is -5.15. The summed E-state index contributed by atoms with van der Waals surface area (Å²) < 4.78 is 15.5. The summed E-state index contributed by atoms with van der Waals surface area (Å²) in [5, 5.41) is 29.3. The monoisotopic (exact) mass is 745 g/mol. The number of hydrogen-bond donors (Lipinski definition) is 11. The van der Waals surface area contributed by atoms with Gasteiger partial charge in [-0.3, -0.25) is 42.9 Å². The van der Waals surface area contributed by atoms with Crippen molar-refractivity contribution in [3.05, 3.63) is 35.9 Å². The largest absolute Gasteiger partial charge is 0.481 e. The Kier molecular flexibility index (Phi) is 18.4. The van der Waals surface area contributed by atoms with Crippen LogP contribution in [0.4, 0.5) is 0 Å². The summed E-state index contributed by atoms with van der Waals surface area (Å²) in [7, 11) is -5.15. The summed E-state index contributed by atoms with van der Waals surface area (Å²) in [5.74, 6) is -9.25. The molecular formula is C29H44N7O14P. The molecule has 13 N–H and O–H groups in total. The minimum Gasteiger partial charge on any atom is -0.481 e. The predicted molar refractivity (Wildman–Crippen MR) is 175 cm³/mol. The fourth-order valence-corrected chi connectivity index (χ4v) is 4.62. The van der Waals surface area contributed by atoms with E-state index in [1.54, 1.807) is 44.2 Å². The van der Waals surface area contributed by atoms with Gasteiger partial charge in [-0.15, -0.1) is 0 Å². The van der Waals surface area contributed by atoms with Gasteiger partial charge in [-0.05, 0) is 17.9 Å². The number of phosphoric acid groups is 1. The van der Waals surface area contributed by atoms with Crippen molar-refractivity contribution in [2.45, 2.75) is 76.2 Å². The van der Waals surface area contributed by atoms with Crippen LogP contribution in [0.1, 0.15) is 45.1 Å². The molecule has 0 bridgehead atoms. The highest BCUT2D eigenvalue weighted by Gasteiger charge is 2.33. The summed E-state index contributed by atoms with van der Waals surface area (Å²) in [6.45, 7) is 1.38. The van der Waals surface area contributed by atoms with E-state index in [4.69, 9.17) is 31.5 Å². The quantitative estimate of drug-likeness (QED) is 0.0486. The first-order chi connectivity index (χ1) is 23.7. The molecule has 1 aromatic carbocycles. The first kappa shape index (κ1) is 44.1. The molecule has 51 heavy (non-hydrogen) atoms. The van der Waals surface area contributed by atoms with Gasteiger partial charge in [-0.1, -0.05) is 50.6 Å². The highest BCUT2D eigenvalue weighted by Crippen LogP contribution is 2.35. The van der Waals surface area contributed by atoms with Crippen molar-refractivity contribution in [3.8, 4) is 0 Å². The van der Waals surface area contributed by atoms with E-state index < -0.39 is 117 Å². The van der Waals surface area contributed by atoms with Crippen molar-refractivity contribution in [1.29, 1.82) is 0 Å². The predicted octanol–water partition coefficient (Wildman–Crippen LogP) is -3.41. The van der Waals surface area contributed by atoms with Crippen LogP contribution in [0.2, 0.25) is 0 Å². The molecule has 22 heteroatoms. The number of primary amides is 1. The van der Waals surface area contributed by atoms with Crippen LogP contribution in [-0.4, -0.2) is 111 Å². The lowest BCUT2D eigenvalue weighted by Gasteiger charge is -2.27. The summed E-state index contributed by atoms with van der Waals surface area (Å²) in [5.41, 5.74) is 11.4. The Morgan fingerprint density at radius 2 is 1.41 bits per heavy atom. The zero-order valence-electron chi connectivity index (χ0n) is 27.8. The molecule has 0 aromatic heterocycles. The third-order valence-corrected chi connectivity index (χ3v) is 7.72. The lowest BCUT2D eigenvalue weighted by atomic mass is 9.97. The van der Waals surface area contributed by atoms with Crippen LogP contribution < -0.4 is 38.1 Å². The van der Waals surface area contributed by atoms with Gasteiger partial charge >= 0.3 is 19.8 Å². The second-order valence-corrected chi connectivity index (χ2v) is 12.6. The lowest BCUT2D eigenvalue weighted by molar-refractivity contribution is -0.140. The zero-order valence-corrected chi connectivity index (χ0v) is 28.7. The average Bonchev–Trinajstić information content (AvgIpc) is 3.04. The van der Waals surface area contributed by atoms with Crippen LogP contribution in [0.5, 0.6) is 0 Å². The maximum absolute atomic E-state index is 13.6. The van der Waals surface area contributed by atoms with Gasteiger partial charge in [-0.2, -0.15) is 0 Å². The maximum atomic E-state index is 13.6. The van der Waals surface area contributed by atoms with E-state index in [-0.39, 0.29) is 12.8 Å². The van der Waals surface area contributed by atoms with Gasteiger partial charge in [0.2, 0.25) is 35.4 Å². The van der Waals surface area contributed by atoms with E-state index in [9.17, 15) is 42.9 Å². The first-order valence-corrected chi connectivity index (χ1v) is 17.0. The van der Waals surface area contributed by atoms with Crippen molar-refractivity contribution >= 4 is 55.2 Å². The van der Waals surface area contributed by atoms with Gasteiger partial charge < -0.3 is 58.1 Å². The number of carbonyl (C=O) groups excluding carboxylic acids is 6. The maximum Gasteiger partial charge on any atom is 0.469 e. The van der Waals surface area contributed by atoms with Gasteiger partial charge in [0, 0.05) is 12.8 Å². The zero-order chi connectivity index (χ0) is 38.9. The summed E-state index contributed by atoms with van der Waals surface area (Å²) in [4.78, 5) is 117. The summed E-state index contributed by atoms with van der Waals surface area (Å²) >= 11 is 0. The molecule has 1 rings (SSSR count). The number of amides is 6. The van der Waals surface area contributed by atoms with Gasteiger partial charge in [0.15, 0.2) is 0 Å². The van der Waals surface area contributed by atoms with Crippen LogP contribution in [0, 0.1) is 5.92 Å². The first-order valence-electron chi connectivity index (χ1n) is 15.4. The standard InChI is InChI=1S/C29H44N7O14P/c1-3-15(2)24(36-21(37)13-32-27(44)20(14-50-51(47,48)49)35-26(43)17(30)12-23(40)41)29(46)34-19(11-16-7-5-4-6-8-16)28(45)33-18(25(31)42)9-10-22(38)39/h4-8,15,17-20,24H,3,9-14,30H2,1-2H3,(H2,31,42)(H,32,44)(H,33,45)(H,34,46)(H,35,43)(H,36,37)(H,38,39)(H,40,41)(H2,47,48,49)/t15?,17-,18-,19-,20-,24-/m0/s1. The molecule has 0 heterocycles. The SMILES string of the molecule is CCC(C)[C@H](NC(=O)CNC(=O)[C@H](COP(=O)(O)O)NC(=O)[C@@H](N)CC(=O)O)C(=O)N[C@@H](Cc1ccccc1)C(=O)N[C@@H](CCC(=O)O)C(N)=O. The third-order valence-electron chi connectivity index (χ3n) is 7.23. The smallest absolute Gasteiger partial charge is 0.469 e. The van der Waals surface area contributed by atoms with Gasteiger partial charge in [0.25, 0.3) is 0 Å². The molecule has 0 aliphatic carbocycles. The van der Waals surface area contributed by atoms with Crippen molar-refractivity contribution in [3.63, 3.8) is 0 Å². The fraction of sp³-hybridized carbons (Fsp3) is 0.517. The number of rotatable bonds is 23. The molecule has 1 unspecified atom stereocenters. The van der Waals surface area contributed by atoms with Crippen molar-refractivity contribution in [1.82, 2.24) is 26.6 Å². The van der Waals surface area contributed by atoms with E-state index in [1.165, 1.54) is 0 Å². The second-order valence-electron chi connectivity index (χ2n) is 11.3. The molecule has 0 saturated heterocycles. The van der Waals surface area contributed by atoms with E-state index in [1.807, 2.05) is 5.32 Å². The molecule has 0 aliphatic rings. The van der Waals surface area contributed by atoms with Crippen molar-refractivity contribution in [2.75, 3.05) is 13.2 Å². The number of nitrogens with one attached hydrogen (secondary N) is 5. The molecule has 21 nitrogen and oxygen atoms in total. The Labute approximate surface area is 291 Å². The van der Waals surface area contributed by atoms with Crippen LogP contribution in [0.25, 0.3) is 0 Å². The molecule has 0 spiro atoms. The molecule has 1 aromatic rings. The van der Waals surface area contributed by atoms with E-state index >= 15 is 0 Å². The Morgan fingerprint density at radius 1 is 0.824 bits per heavy atom. The molecule has 6 amide bonds. The van der Waals surface area contributed by atoms with Gasteiger partial charge in [0.05, 0.1) is 25.6 Å². The van der Waals surface area contributed by atoms with E-state index in [2.05, 4.69) is 25.8 Å². The Hall–Kier alpha value is -4.95. The topological polar surface area (TPSA) is 356 Å². The number of carbonyl (C=O) groups is 8. The van der Waals surface area contributed by atoms with E-state index in [0.29, 0.717) is 12.0 Å². The highest BCUT2D eigenvalue weighted by atomic mass is 31.2. The fourth-order valence-electron chi connectivity index (χ4n) is 4.28. The Balaban J connectivity index is 3.13. The van der Waals surface area contributed by atoms with Crippen LogP contribution in [0.3, 0.4) is 0 Å². The van der Waals surface area contributed by atoms with Gasteiger partial charge in [0.1, 0.15) is 24.2 Å². The number of aliphatic carboxylic acids is 2. The molecule has 284 valence electrons. The number of nitrogens with two attached hydrogens (primary N) is 2. The van der Waals surface area contributed by atoms with E-state index in [0.717, 1.165) is 0 Å². The summed E-state index contributed by atoms with van der Waals surface area (Å²) in [6, 6.07) is 0.918. The van der Waals surface area contributed by atoms with Gasteiger partial charge in [-0.25, -0.2) is 4.57 Å². The number of hydrogen-bond acceptors (Lipinski definition) is 11. The second kappa shape index (κ2) is 21.3. The number of carboxylic acids is 2. The molecular weight excluding hydrogens is 701 g/mol. The summed E-state index contributed by atoms with van der Waals surface area (Å²) in [6.07, 6.45) is -1.38. The third kappa shape index (κ3) is 17.5. The Morgan fingerprint density at radius 3 is 1.94 bits per heavy atom. The highest BCUT2D eigenvalue weighted by molar-refractivity contribution is 7.46. The molecule has 6 atom stereocenters. The average molecular weight is 746 g/mol. The molecule has 0 saturated carbocycles. The number of benzene rings is 1. The molecule has 0 radical (unpaired) electrons. The van der Waals surface area contributed by atoms with Crippen molar-refractivity contribution in [2.24, 2.45) is 17.4 Å². The molecule has 0 aliphatic heterocycles. The lowest BCUT2D eigenvalue weighted by Crippen LogP contribution is -2.59. The Bertz CT molecular complexity index is 1460. The minimum absolute atomic E-state index is 0.0834. The van der Waals surface area contributed by atoms with Crippen LogP contribution in [0.15, 0.2) is 30.3 Å². The normalized spacial score (nSPS) is 14.7.